The van der Waals surface area contributed by atoms with Gasteiger partial charge in [-0.05, 0) is 49.6 Å². The number of rotatable bonds is 7. The number of esters is 1. The maximum atomic E-state index is 13.7. The third-order valence-corrected chi connectivity index (χ3v) is 7.67. The summed E-state index contributed by atoms with van der Waals surface area (Å²) in [5.74, 6) is -0.898. The van der Waals surface area contributed by atoms with Gasteiger partial charge in [-0.15, -0.1) is 0 Å². The number of carbonyl (C=O) groups is 1. The lowest BCUT2D eigenvalue weighted by Crippen LogP contribution is -2.31. The number of para-hydroxylation sites is 2. The molecule has 1 aromatic heterocycles. The zero-order valence-electron chi connectivity index (χ0n) is 18.9. The lowest BCUT2D eigenvalue weighted by Gasteiger charge is -2.30. The Balaban J connectivity index is 1.68. The summed E-state index contributed by atoms with van der Waals surface area (Å²) in [5, 5.41) is 0. The average molecular weight is 493 g/mol. The molecule has 1 aliphatic rings. The van der Waals surface area contributed by atoms with Crippen LogP contribution in [0.15, 0.2) is 47.4 Å². The summed E-state index contributed by atoms with van der Waals surface area (Å²) >= 11 is 0. The Labute approximate surface area is 196 Å². The number of ether oxygens (including phenoxy) is 1. The van der Waals surface area contributed by atoms with Gasteiger partial charge in [0.2, 0.25) is 10.0 Å². The van der Waals surface area contributed by atoms with Crippen molar-refractivity contribution in [2.24, 2.45) is 0 Å². The molecule has 0 aliphatic carbocycles. The largest absolute Gasteiger partial charge is 0.454 e. The Morgan fingerprint density at radius 1 is 1.12 bits per heavy atom. The van der Waals surface area contributed by atoms with Crippen molar-refractivity contribution >= 4 is 32.7 Å². The average Bonchev–Trinajstić information content (AvgIpc) is 3.21. The van der Waals surface area contributed by atoms with E-state index in [1.165, 1.54) is 32.3 Å². The van der Waals surface area contributed by atoms with Crippen LogP contribution >= 0.6 is 0 Å². The van der Waals surface area contributed by atoms with Crippen molar-refractivity contribution in [1.29, 1.82) is 0 Å². The summed E-state index contributed by atoms with van der Waals surface area (Å²) in [4.78, 5) is 19.3. The number of halogens is 2. The van der Waals surface area contributed by atoms with Crippen molar-refractivity contribution in [1.82, 2.24) is 13.9 Å². The Morgan fingerprint density at radius 3 is 2.50 bits per heavy atom. The number of nitrogens with zero attached hydrogens (tertiary/aromatic N) is 4. The number of carbonyl (C=O) groups excluding carboxylic acids is 1. The van der Waals surface area contributed by atoms with E-state index in [-0.39, 0.29) is 21.8 Å². The van der Waals surface area contributed by atoms with E-state index in [4.69, 9.17) is 4.74 Å². The van der Waals surface area contributed by atoms with Crippen LogP contribution in [0.25, 0.3) is 11.0 Å². The SMILES string of the molecule is CN(C)S(=O)(=O)c1ccc(N2CCCCC2)c(C(=O)OCc2nc3ccccc3n2C(F)F)c1. The second-order valence-electron chi connectivity index (χ2n) is 8.25. The van der Waals surface area contributed by atoms with E-state index in [1.54, 1.807) is 24.3 Å². The molecule has 0 spiro atoms. The highest BCUT2D eigenvalue weighted by molar-refractivity contribution is 7.89. The van der Waals surface area contributed by atoms with Crippen LogP contribution in [0.1, 0.15) is 42.0 Å². The van der Waals surface area contributed by atoms with E-state index in [2.05, 4.69) is 4.98 Å². The van der Waals surface area contributed by atoms with E-state index < -0.39 is 29.1 Å². The van der Waals surface area contributed by atoms with Crippen molar-refractivity contribution in [3.8, 4) is 0 Å². The van der Waals surface area contributed by atoms with Crippen LogP contribution in [0, 0.1) is 0 Å². The van der Waals surface area contributed by atoms with Crippen molar-refractivity contribution in [2.75, 3.05) is 32.1 Å². The number of hydrogen-bond acceptors (Lipinski definition) is 6. The smallest absolute Gasteiger partial charge is 0.340 e. The van der Waals surface area contributed by atoms with Crippen molar-refractivity contribution in [3.05, 3.63) is 53.9 Å². The fraction of sp³-hybridized carbons (Fsp3) is 0.391. The molecular formula is C23H26F2N4O4S. The first-order valence-corrected chi connectivity index (χ1v) is 12.4. The van der Waals surface area contributed by atoms with Crippen LogP contribution in [0.5, 0.6) is 0 Å². The maximum absolute atomic E-state index is 13.7. The number of imidazole rings is 1. The number of alkyl halides is 2. The summed E-state index contributed by atoms with van der Waals surface area (Å²) < 4.78 is 59.9. The molecule has 4 rings (SSSR count). The van der Waals surface area contributed by atoms with Gasteiger partial charge in [-0.25, -0.2) is 22.5 Å². The third kappa shape index (κ3) is 4.62. The van der Waals surface area contributed by atoms with E-state index in [1.807, 2.05) is 4.90 Å². The number of benzene rings is 2. The van der Waals surface area contributed by atoms with Gasteiger partial charge in [-0.1, -0.05) is 12.1 Å². The van der Waals surface area contributed by atoms with Crippen LogP contribution in [0.4, 0.5) is 14.5 Å². The van der Waals surface area contributed by atoms with Gasteiger partial charge in [0.15, 0.2) is 5.82 Å². The van der Waals surface area contributed by atoms with Crippen LogP contribution in [-0.2, 0) is 21.4 Å². The first-order chi connectivity index (χ1) is 16.2. The molecule has 0 saturated carbocycles. The molecule has 0 atom stereocenters. The molecule has 0 radical (unpaired) electrons. The molecule has 0 unspecified atom stereocenters. The van der Waals surface area contributed by atoms with Gasteiger partial charge in [0.25, 0.3) is 0 Å². The number of aromatic nitrogens is 2. The molecule has 2 heterocycles. The molecule has 0 bridgehead atoms. The van der Waals surface area contributed by atoms with Crippen LogP contribution in [0.2, 0.25) is 0 Å². The second kappa shape index (κ2) is 9.67. The molecule has 11 heteroatoms. The van der Waals surface area contributed by atoms with Crippen LogP contribution in [0.3, 0.4) is 0 Å². The van der Waals surface area contributed by atoms with Gasteiger partial charge in [0, 0.05) is 27.2 Å². The number of piperidine rings is 1. The number of sulfonamides is 1. The van der Waals surface area contributed by atoms with Gasteiger partial charge in [-0.2, -0.15) is 8.78 Å². The predicted molar refractivity (Wildman–Crippen MR) is 123 cm³/mol. The molecule has 2 aromatic carbocycles. The fourth-order valence-corrected chi connectivity index (χ4v) is 5.01. The molecule has 182 valence electrons. The summed E-state index contributed by atoms with van der Waals surface area (Å²) in [6.45, 7) is -1.90. The Morgan fingerprint density at radius 2 is 1.82 bits per heavy atom. The number of anilines is 1. The van der Waals surface area contributed by atoms with E-state index in [0.717, 1.165) is 41.2 Å². The van der Waals surface area contributed by atoms with Crippen LogP contribution in [-0.4, -0.2) is 55.4 Å². The highest BCUT2D eigenvalue weighted by Gasteiger charge is 2.26. The number of hydrogen-bond donors (Lipinski definition) is 0. The molecule has 8 nitrogen and oxygen atoms in total. The maximum Gasteiger partial charge on any atom is 0.340 e. The van der Waals surface area contributed by atoms with Gasteiger partial charge in [0.05, 0.1) is 27.2 Å². The molecule has 1 saturated heterocycles. The first-order valence-electron chi connectivity index (χ1n) is 10.9. The molecule has 3 aromatic rings. The normalized spacial score (nSPS) is 14.8. The van der Waals surface area contributed by atoms with Gasteiger partial charge in [0.1, 0.15) is 6.61 Å². The van der Waals surface area contributed by atoms with Crippen molar-refractivity contribution in [2.45, 2.75) is 37.3 Å². The van der Waals surface area contributed by atoms with Crippen LogP contribution < -0.4 is 4.90 Å². The quantitative estimate of drug-likeness (QED) is 0.463. The minimum absolute atomic E-state index is 0.0509. The topological polar surface area (TPSA) is 84.7 Å². The molecule has 34 heavy (non-hydrogen) atoms. The summed E-state index contributed by atoms with van der Waals surface area (Å²) in [5.41, 5.74) is 1.23. The highest BCUT2D eigenvalue weighted by atomic mass is 32.2. The highest BCUT2D eigenvalue weighted by Crippen LogP contribution is 2.29. The standard InChI is InChI=1S/C23H26F2N4O4S/c1-27(2)34(31,32)16-10-11-19(28-12-6-3-7-13-28)17(14-16)22(30)33-15-21-26-18-8-4-5-9-20(18)29(21)23(24)25/h4-5,8-11,14,23H,3,6-7,12-13,15H2,1-2H3. The Kier molecular flexibility index (Phi) is 6.85. The predicted octanol–water partition coefficient (Wildman–Crippen LogP) is 4.03. The Hall–Kier alpha value is -3.05. The summed E-state index contributed by atoms with van der Waals surface area (Å²) in [6.07, 6.45) is 2.97. The third-order valence-electron chi connectivity index (χ3n) is 5.86. The Bertz CT molecular complexity index is 1300. The lowest BCUT2D eigenvalue weighted by atomic mass is 10.1. The minimum atomic E-state index is -3.79. The zero-order valence-corrected chi connectivity index (χ0v) is 19.8. The molecular weight excluding hydrogens is 466 g/mol. The van der Waals surface area contributed by atoms with E-state index in [0.29, 0.717) is 11.2 Å². The summed E-state index contributed by atoms with van der Waals surface area (Å²) in [7, 11) is -0.984. The monoisotopic (exact) mass is 492 g/mol. The van der Waals surface area contributed by atoms with Gasteiger partial charge in [-0.3, -0.25) is 4.57 Å². The van der Waals surface area contributed by atoms with Gasteiger partial charge >= 0.3 is 12.5 Å². The minimum Gasteiger partial charge on any atom is -0.454 e. The van der Waals surface area contributed by atoms with E-state index >= 15 is 0 Å². The molecule has 1 aliphatic heterocycles. The fourth-order valence-electron chi connectivity index (χ4n) is 4.08. The van der Waals surface area contributed by atoms with E-state index in [9.17, 15) is 22.0 Å². The first kappa shape index (κ1) is 24.1. The zero-order chi connectivity index (χ0) is 24.5. The van der Waals surface area contributed by atoms with Crippen molar-refractivity contribution in [3.63, 3.8) is 0 Å². The number of fused-ring (bicyclic) bond motifs is 1. The molecule has 0 amide bonds. The second-order valence-corrected chi connectivity index (χ2v) is 10.4. The molecule has 0 N–H and O–H groups in total. The lowest BCUT2D eigenvalue weighted by molar-refractivity contribution is 0.0388. The van der Waals surface area contributed by atoms with Gasteiger partial charge < -0.3 is 9.64 Å². The molecule has 1 fully saturated rings. The van der Waals surface area contributed by atoms with Crippen molar-refractivity contribution < 1.29 is 26.7 Å². The summed E-state index contributed by atoms with van der Waals surface area (Å²) in [6, 6.07) is 10.8.